The molecule has 0 fully saturated rings. The lowest BCUT2D eigenvalue weighted by molar-refractivity contribution is -0.128. The summed E-state index contributed by atoms with van der Waals surface area (Å²) in [6.07, 6.45) is 0.395. The second-order valence-corrected chi connectivity index (χ2v) is 5.80. The molecular weight excluding hydrogens is 292 g/mol. The van der Waals surface area contributed by atoms with Crippen LogP contribution in [0.15, 0.2) is 35.3 Å². The number of benzene rings is 1. The number of aliphatic imine (C=N–C) groups is 1. The second-order valence-electron chi connectivity index (χ2n) is 5.80. The van der Waals surface area contributed by atoms with E-state index in [1.807, 2.05) is 37.3 Å². The number of nitrogens with zero attached hydrogens (tertiary/aromatic N) is 2. The van der Waals surface area contributed by atoms with Crippen molar-refractivity contribution in [2.24, 2.45) is 4.99 Å². The van der Waals surface area contributed by atoms with Gasteiger partial charge in [-0.25, -0.2) is 4.99 Å². The maximum absolute atomic E-state index is 11.6. The average Bonchev–Trinajstić information content (AvgIpc) is 2.53. The molecule has 1 aromatic carbocycles. The molecule has 0 saturated heterocycles. The van der Waals surface area contributed by atoms with E-state index in [2.05, 4.69) is 15.6 Å². The first-order valence-electron chi connectivity index (χ1n) is 7.87. The number of rotatable bonds is 7. The fraction of sp³-hybridized carbons (Fsp3) is 0.529. The minimum absolute atomic E-state index is 0.0598. The van der Waals surface area contributed by atoms with E-state index in [9.17, 15) is 9.90 Å². The molecule has 0 heterocycles. The lowest BCUT2D eigenvalue weighted by Gasteiger charge is -2.22. The molecule has 1 amide bonds. The maximum atomic E-state index is 11.6. The van der Waals surface area contributed by atoms with E-state index in [-0.39, 0.29) is 12.5 Å². The van der Waals surface area contributed by atoms with Crippen molar-refractivity contribution in [2.75, 3.05) is 33.7 Å². The molecule has 0 saturated carbocycles. The first-order valence-corrected chi connectivity index (χ1v) is 7.87. The standard InChI is InChI=1S/C17H28N4O2/c1-5-18-16(19-12-11-15(22)21(3)4)20-13-17(2,23)14-9-7-6-8-10-14/h6-10,23H,5,11-13H2,1-4H3,(H2,18,19,20). The quantitative estimate of drug-likeness (QED) is 0.516. The molecular formula is C17H28N4O2. The minimum Gasteiger partial charge on any atom is -0.384 e. The van der Waals surface area contributed by atoms with Crippen molar-refractivity contribution >= 4 is 11.9 Å². The minimum atomic E-state index is -1.04. The van der Waals surface area contributed by atoms with E-state index in [1.165, 1.54) is 0 Å². The molecule has 0 aliphatic rings. The highest BCUT2D eigenvalue weighted by molar-refractivity contribution is 5.81. The zero-order chi connectivity index (χ0) is 17.3. The van der Waals surface area contributed by atoms with Crippen LogP contribution in [-0.4, -0.2) is 55.6 Å². The summed E-state index contributed by atoms with van der Waals surface area (Å²) in [6, 6.07) is 9.46. The van der Waals surface area contributed by atoms with Crippen LogP contribution in [-0.2, 0) is 10.4 Å². The van der Waals surface area contributed by atoms with Crippen molar-refractivity contribution in [2.45, 2.75) is 25.9 Å². The molecule has 1 aromatic rings. The molecule has 0 aliphatic carbocycles. The van der Waals surface area contributed by atoms with Crippen LogP contribution in [0.1, 0.15) is 25.8 Å². The first-order chi connectivity index (χ1) is 10.9. The van der Waals surface area contributed by atoms with Gasteiger partial charge in [0.05, 0.1) is 6.54 Å². The summed E-state index contributed by atoms with van der Waals surface area (Å²) in [4.78, 5) is 17.6. The van der Waals surface area contributed by atoms with Crippen LogP contribution in [0.4, 0.5) is 0 Å². The van der Waals surface area contributed by atoms with Crippen molar-refractivity contribution in [1.29, 1.82) is 0 Å². The van der Waals surface area contributed by atoms with Crippen LogP contribution >= 0.6 is 0 Å². The van der Waals surface area contributed by atoms with Crippen molar-refractivity contribution < 1.29 is 9.90 Å². The topological polar surface area (TPSA) is 77.0 Å². The van der Waals surface area contributed by atoms with Crippen molar-refractivity contribution in [3.05, 3.63) is 35.9 Å². The van der Waals surface area contributed by atoms with Crippen LogP contribution < -0.4 is 10.6 Å². The zero-order valence-corrected chi connectivity index (χ0v) is 14.5. The van der Waals surface area contributed by atoms with Gasteiger partial charge in [-0.3, -0.25) is 4.79 Å². The fourth-order valence-corrected chi connectivity index (χ4v) is 1.97. The zero-order valence-electron chi connectivity index (χ0n) is 14.5. The lowest BCUT2D eigenvalue weighted by Crippen LogP contribution is -2.40. The number of nitrogens with one attached hydrogen (secondary N) is 2. The number of guanidine groups is 1. The summed E-state index contributed by atoms with van der Waals surface area (Å²) in [5.74, 6) is 0.653. The molecule has 0 radical (unpaired) electrons. The summed E-state index contributed by atoms with van der Waals surface area (Å²) in [5, 5.41) is 16.8. The van der Waals surface area contributed by atoms with E-state index in [0.717, 1.165) is 5.56 Å². The van der Waals surface area contributed by atoms with Crippen LogP contribution in [0, 0.1) is 0 Å². The van der Waals surface area contributed by atoms with Gasteiger partial charge in [-0.15, -0.1) is 0 Å². The molecule has 1 unspecified atom stereocenters. The van der Waals surface area contributed by atoms with Crippen LogP contribution in [0.2, 0.25) is 0 Å². The predicted octanol–water partition coefficient (Wildman–Crippen LogP) is 0.927. The van der Waals surface area contributed by atoms with Crippen LogP contribution in [0.3, 0.4) is 0 Å². The van der Waals surface area contributed by atoms with E-state index in [4.69, 9.17) is 0 Å². The second kappa shape index (κ2) is 9.15. The highest BCUT2D eigenvalue weighted by Gasteiger charge is 2.22. The number of amides is 1. The highest BCUT2D eigenvalue weighted by Crippen LogP contribution is 2.20. The monoisotopic (exact) mass is 320 g/mol. The Balaban J connectivity index is 2.62. The molecule has 23 heavy (non-hydrogen) atoms. The van der Waals surface area contributed by atoms with Gasteiger partial charge in [-0.1, -0.05) is 30.3 Å². The summed E-state index contributed by atoms with van der Waals surface area (Å²) < 4.78 is 0. The molecule has 1 atom stereocenters. The largest absolute Gasteiger partial charge is 0.384 e. The summed E-state index contributed by atoms with van der Waals surface area (Å²) in [6.45, 7) is 5.15. The molecule has 6 nitrogen and oxygen atoms in total. The Morgan fingerprint density at radius 3 is 2.48 bits per heavy atom. The van der Waals surface area contributed by atoms with Gasteiger partial charge in [0.25, 0.3) is 0 Å². The molecule has 0 aromatic heterocycles. The van der Waals surface area contributed by atoms with Gasteiger partial charge in [0.15, 0.2) is 5.96 Å². The predicted molar refractivity (Wildman–Crippen MR) is 93.3 cm³/mol. The fourth-order valence-electron chi connectivity index (χ4n) is 1.97. The summed E-state index contributed by atoms with van der Waals surface area (Å²) in [5.41, 5.74) is -0.217. The molecule has 6 heteroatoms. The van der Waals surface area contributed by atoms with Gasteiger partial charge in [0, 0.05) is 33.6 Å². The molecule has 3 N–H and O–H groups in total. The Morgan fingerprint density at radius 2 is 1.91 bits per heavy atom. The Hall–Kier alpha value is -2.08. The Labute approximate surface area is 138 Å². The third-order valence-corrected chi connectivity index (χ3v) is 3.42. The number of aliphatic hydroxyl groups is 1. The average molecular weight is 320 g/mol. The first kappa shape index (κ1) is 19.0. The maximum Gasteiger partial charge on any atom is 0.223 e. The Morgan fingerprint density at radius 1 is 1.26 bits per heavy atom. The number of hydrogen-bond donors (Lipinski definition) is 3. The molecule has 0 bridgehead atoms. The molecule has 1 rings (SSSR count). The van der Waals surface area contributed by atoms with Crippen LogP contribution in [0.25, 0.3) is 0 Å². The third kappa shape index (κ3) is 6.69. The van der Waals surface area contributed by atoms with Crippen molar-refractivity contribution in [3.8, 4) is 0 Å². The summed E-state index contributed by atoms with van der Waals surface area (Å²) in [7, 11) is 3.47. The van der Waals surface area contributed by atoms with Gasteiger partial charge in [-0.2, -0.15) is 0 Å². The van der Waals surface area contributed by atoms with Gasteiger partial charge in [0.1, 0.15) is 5.60 Å². The van der Waals surface area contributed by atoms with Gasteiger partial charge >= 0.3 is 0 Å². The van der Waals surface area contributed by atoms with Gasteiger partial charge in [-0.05, 0) is 19.4 Å². The number of hydrogen-bond acceptors (Lipinski definition) is 3. The van der Waals surface area contributed by atoms with E-state index in [0.29, 0.717) is 25.5 Å². The summed E-state index contributed by atoms with van der Waals surface area (Å²) >= 11 is 0. The Kier molecular flexibility index (Phi) is 7.54. The SMILES string of the molecule is CCNC(=NCC(C)(O)c1ccccc1)NCCC(=O)N(C)C. The molecule has 0 aliphatic heterocycles. The smallest absolute Gasteiger partial charge is 0.223 e. The van der Waals surface area contributed by atoms with E-state index in [1.54, 1.807) is 25.9 Å². The number of carbonyl (C=O) groups excluding carboxylic acids is 1. The lowest BCUT2D eigenvalue weighted by atomic mass is 9.96. The van der Waals surface area contributed by atoms with Crippen molar-refractivity contribution in [1.82, 2.24) is 15.5 Å². The molecule has 0 spiro atoms. The highest BCUT2D eigenvalue weighted by atomic mass is 16.3. The molecule has 128 valence electrons. The van der Waals surface area contributed by atoms with Gasteiger partial charge < -0.3 is 20.6 Å². The number of carbonyl (C=O) groups is 1. The Bertz CT molecular complexity index is 513. The normalized spacial score (nSPS) is 14.0. The third-order valence-electron chi connectivity index (χ3n) is 3.42. The van der Waals surface area contributed by atoms with E-state index >= 15 is 0 Å². The van der Waals surface area contributed by atoms with Crippen molar-refractivity contribution in [3.63, 3.8) is 0 Å². The van der Waals surface area contributed by atoms with Gasteiger partial charge in [0.2, 0.25) is 5.91 Å². The van der Waals surface area contributed by atoms with E-state index < -0.39 is 5.60 Å². The van der Waals surface area contributed by atoms with Crippen LogP contribution in [0.5, 0.6) is 0 Å².